The first-order chi connectivity index (χ1) is 7.84. The lowest BCUT2D eigenvalue weighted by Gasteiger charge is -2.12. The molecule has 0 aromatic heterocycles. The summed E-state index contributed by atoms with van der Waals surface area (Å²) >= 11 is 0. The highest BCUT2D eigenvalue weighted by Gasteiger charge is 2.31. The van der Waals surface area contributed by atoms with Crippen LogP contribution in [0.3, 0.4) is 0 Å². The molecule has 0 aliphatic heterocycles. The van der Waals surface area contributed by atoms with Gasteiger partial charge in [0.1, 0.15) is 5.75 Å². The van der Waals surface area contributed by atoms with Crippen LogP contribution in [0, 0.1) is 5.92 Å². The van der Waals surface area contributed by atoms with Gasteiger partial charge in [-0.25, -0.2) is 8.42 Å². The fourth-order valence-electron chi connectivity index (χ4n) is 1.91. The molecule has 1 fully saturated rings. The van der Waals surface area contributed by atoms with E-state index in [9.17, 15) is 18.0 Å². The Hall–Kier alpha value is -1.11. The number of carboxylic acids is 1. The van der Waals surface area contributed by atoms with Crippen molar-refractivity contribution in [2.75, 3.05) is 11.5 Å². The van der Waals surface area contributed by atoms with Gasteiger partial charge in [0.2, 0.25) is 5.91 Å². The highest BCUT2D eigenvalue weighted by atomic mass is 32.2. The second kappa shape index (κ2) is 5.48. The van der Waals surface area contributed by atoms with E-state index >= 15 is 0 Å². The molecule has 0 aromatic rings. The van der Waals surface area contributed by atoms with E-state index in [1.807, 2.05) is 0 Å². The zero-order chi connectivity index (χ0) is 13.1. The summed E-state index contributed by atoms with van der Waals surface area (Å²) in [5, 5.41) is 11.4. The molecule has 1 rings (SSSR count). The third-order valence-corrected chi connectivity index (χ3v) is 4.52. The summed E-state index contributed by atoms with van der Waals surface area (Å²) in [6.07, 6.45) is 1.50. The summed E-state index contributed by atoms with van der Waals surface area (Å²) in [5.41, 5.74) is 0. The molecule has 1 amide bonds. The monoisotopic (exact) mass is 263 g/mol. The predicted octanol–water partition coefficient (Wildman–Crippen LogP) is -0.209. The minimum Gasteiger partial charge on any atom is -0.481 e. The van der Waals surface area contributed by atoms with Gasteiger partial charge in [-0.3, -0.25) is 9.59 Å². The van der Waals surface area contributed by atoms with E-state index in [-0.39, 0.29) is 11.8 Å². The van der Waals surface area contributed by atoms with E-state index in [2.05, 4.69) is 5.32 Å². The summed E-state index contributed by atoms with van der Waals surface area (Å²) in [7, 11) is -3.32. The average molecular weight is 263 g/mol. The van der Waals surface area contributed by atoms with Crippen LogP contribution in [-0.2, 0) is 19.4 Å². The maximum absolute atomic E-state index is 11.4. The second-order valence-corrected chi connectivity index (χ2v) is 6.64. The molecule has 0 bridgehead atoms. The zero-order valence-electron chi connectivity index (χ0n) is 9.68. The molecule has 2 atom stereocenters. The maximum Gasteiger partial charge on any atom is 0.306 e. The standard InChI is InChI=1S/C10H17NO5S/c1-2-17(15,16)6-9(12)11-8-4-3-7(5-8)10(13)14/h7-8H,2-6H2,1H3,(H,11,12)(H,13,14)/t7-,8+/m0/s1. The van der Waals surface area contributed by atoms with Crippen LogP contribution >= 0.6 is 0 Å². The van der Waals surface area contributed by atoms with Gasteiger partial charge in [0.15, 0.2) is 9.84 Å². The van der Waals surface area contributed by atoms with Crippen LogP contribution in [0.1, 0.15) is 26.2 Å². The number of carbonyl (C=O) groups excluding carboxylic acids is 1. The van der Waals surface area contributed by atoms with Crippen molar-refractivity contribution in [1.29, 1.82) is 0 Å². The zero-order valence-corrected chi connectivity index (χ0v) is 10.5. The van der Waals surface area contributed by atoms with E-state index in [1.165, 1.54) is 6.92 Å². The van der Waals surface area contributed by atoms with Gasteiger partial charge in [-0.05, 0) is 19.3 Å². The Morgan fingerprint density at radius 3 is 2.47 bits per heavy atom. The lowest BCUT2D eigenvalue weighted by atomic mass is 10.1. The molecule has 0 spiro atoms. The molecule has 0 aromatic carbocycles. The normalized spacial score (nSPS) is 24.5. The Bertz CT molecular complexity index is 403. The SMILES string of the molecule is CCS(=O)(=O)CC(=O)N[C@@H]1CC[C@H](C(=O)O)C1. The third-order valence-electron chi connectivity index (χ3n) is 2.94. The van der Waals surface area contributed by atoms with Crippen LogP contribution in [-0.4, -0.2) is 42.9 Å². The summed E-state index contributed by atoms with van der Waals surface area (Å²) in [6, 6.07) is -0.212. The van der Waals surface area contributed by atoms with Crippen LogP contribution in [0.2, 0.25) is 0 Å². The van der Waals surface area contributed by atoms with E-state index in [0.29, 0.717) is 19.3 Å². The molecule has 6 nitrogen and oxygen atoms in total. The fourth-order valence-corrected chi connectivity index (χ4v) is 2.59. The molecule has 0 heterocycles. The molecular weight excluding hydrogens is 246 g/mol. The highest BCUT2D eigenvalue weighted by Crippen LogP contribution is 2.25. The van der Waals surface area contributed by atoms with Crippen molar-refractivity contribution in [2.24, 2.45) is 5.92 Å². The Balaban J connectivity index is 2.41. The van der Waals surface area contributed by atoms with Crippen LogP contribution in [0.25, 0.3) is 0 Å². The van der Waals surface area contributed by atoms with Crippen LogP contribution in [0.5, 0.6) is 0 Å². The molecular formula is C10H17NO5S. The maximum atomic E-state index is 11.4. The lowest BCUT2D eigenvalue weighted by molar-refractivity contribution is -0.141. The van der Waals surface area contributed by atoms with Crippen molar-refractivity contribution in [3.63, 3.8) is 0 Å². The van der Waals surface area contributed by atoms with Gasteiger partial charge in [0.25, 0.3) is 0 Å². The first-order valence-electron chi connectivity index (χ1n) is 5.56. The van der Waals surface area contributed by atoms with Crippen LogP contribution in [0.15, 0.2) is 0 Å². The van der Waals surface area contributed by atoms with Crippen LogP contribution < -0.4 is 5.32 Å². The van der Waals surface area contributed by atoms with Crippen molar-refractivity contribution in [1.82, 2.24) is 5.32 Å². The van der Waals surface area contributed by atoms with Gasteiger partial charge >= 0.3 is 5.97 Å². The van der Waals surface area contributed by atoms with Gasteiger partial charge in [-0.2, -0.15) is 0 Å². The minimum absolute atomic E-state index is 0.0666. The number of sulfone groups is 1. The number of hydrogen-bond donors (Lipinski definition) is 2. The van der Waals surface area contributed by atoms with Crippen molar-refractivity contribution in [3.8, 4) is 0 Å². The fraction of sp³-hybridized carbons (Fsp3) is 0.800. The number of aliphatic carboxylic acids is 1. The smallest absolute Gasteiger partial charge is 0.306 e. The van der Waals surface area contributed by atoms with E-state index in [1.54, 1.807) is 0 Å². The molecule has 98 valence electrons. The third kappa shape index (κ3) is 4.33. The molecule has 1 aliphatic rings. The first-order valence-corrected chi connectivity index (χ1v) is 7.38. The van der Waals surface area contributed by atoms with Crippen molar-refractivity contribution >= 4 is 21.7 Å². The summed E-state index contributed by atoms with van der Waals surface area (Å²) in [4.78, 5) is 22.1. The Morgan fingerprint density at radius 2 is 2.00 bits per heavy atom. The number of rotatable bonds is 5. The van der Waals surface area contributed by atoms with Crippen molar-refractivity contribution < 1.29 is 23.1 Å². The second-order valence-electron chi connectivity index (χ2n) is 4.29. The summed E-state index contributed by atoms with van der Waals surface area (Å²) < 4.78 is 22.4. The number of carbonyl (C=O) groups is 2. The molecule has 0 radical (unpaired) electrons. The van der Waals surface area contributed by atoms with Gasteiger partial charge in [0, 0.05) is 11.8 Å². The quantitative estimate of drug-likeness (QED) is 0.715. The Labute approximate surface area is 100 Å². The van der Waals surface area contributed by atoms with Gasteiger partial charge in [0.05, 0.1) is 5.92 Å². The molecule has 1 aliphatic carbocycles. The van der Waals surface area contributed by atoms with E-state index in [0.717, 1.165) is 0 Å². The molecule has 17 heavy (non-hydrogen) atoms. The van der Waals surface area contributed by atoms with E-state index < -0.39 is 33.4 Å². The van der Waals surface area contributed by atoms with Gasteiger partial charge < -0.3 is 10.4 Å². The summed E-state index contributed by atoms with van der Waals surface area (Å²) in [6.45, 7) is 1.48. The first kappa shape index (κ1) is 14.0. The predicted molar refractivity (Wildman–Crippen MR) is 61.2 cm³/mol. The Kier molecular flexibility index (Phi) is 4.50. The lowest BCUT2D eigenvalue weighted by Crippen LogP contribution is -2.37. The molecule has 7 heteroatoms. The molecule has 1 saturated carbocycles. The Morgan fingerprint density at radius 1 is 1.35 bits per heavy atom. The largest absolute Gasteiger partial charge is 0.481 e. The van der Waals surface area contributed by atoms with E-state index in [4.69, 9.17) is 5.11 Å². The molecule has 2 N–H and O–H groups in total. The molecule has 0 saturated heterocycles. The topological polar surface area (TPSA) is 101 Å². The number of amides is 1. The van der Waals surface area contributed by atoms with Crippen molar-refractivity contribution in [3.05, 3.63) is 0 Å². The van der Waals surface area contributed by atoms with Crippen LogP contribution in [0.4, 0.5) is 0 Å². The minimum atomic E-state index is -3.32. The highest BCUT2D eigenvalue weighted by molar-refractivity contribution is 7.92. The molecule has 0 unspecified atom stereocenters. The number of carboxylic acid groups (broad SMARTS) is 1. The number of hydrogen-bond acceptors (Lipinski definition) is 4. The van der Waals surface area contributed by atoms with Crippen molar-refractivity contribution in [2.45, 2.75) is 32.2 Å². The van der Waals surface area contributed by atoms with Gasteiger partial charge in [-0.1, -0.05) is 6.92 Å². The summed E-state index contributed by atoms with van der Waals surface area (Å²) in [5.74, 6) is -2.41. The van der Waals surface area contributed by atoms with Gasteiger partial charge in [-0.15, -0.1) is 0 Å². The average Bonchev–Trinajstić information content (AvgIpc) is 2.65. The number of nitrogens with one attached hydrogen (secondary N) is 1.